The molecule has 13 heteroatoms. The lowest BCUT2D eigenvalue weighted by Gasteiger charge is -2.31. The molecule has 1 aromatic carbocycles. The average Bonchev–Trinajstić information content (AvgIpc) is 3.18. The summed E-state index contributed by atoms with van der Waals surface area (Å²) in [6.07, 6.45) is 5.58. The molecule has 1 aliphatic carbocycles. The van der Waals surface area contributed by atoms with Crippen LogP contribution in [-0.4, -0.2) is 59.2 Å². The van der Waals surface area contributed by atoms with E-state index in [1.54, 1.807) is 0 Å². The predicted octanol–water partition coefficient (Wildman–Crippen LogP) is 3.55. The van der Waals surface area contributed by atoms with Crippen LogP contribution in [0, 0.1) is 11.7 Å². The summed E-state index contributed by atoms with van der Waals surface area (Å²) in [5.41, 5.74) is -0.546. The average molecular weight is 604 g/mol. The fourth-order valence-corrected chi connectivity index (χ4v) is 9.69. The lowest BCUT2D eigenvalue weighted by molar-refractivity contribution is -0.154. The SMILES string of the molecule is CC1=C(C(=O)OCCOC(=O)C2CCCCCC2)C(c2c(F)cccc2Cl)C2=C(CS(=O)(=O)CCS2(=O)=O)N1. The van der Waals surface area contributed by atoms with Crippen molar-refractivity contribution in [2.45, 2.75) is 51.4 Å². The van der Waals surface area contributed by atoms with Gasteiger partial charge in [-0.25, -0.2) is 26.0 Å². The number of rotatable bonds is 6. The number of ether oxygens (including phenoxy) is 2. The molecular weight excluding hydrogens is 573 g/mol. The minimum absolute atomic E-state index is 0.103. The molecule has 9 nitrogen and oxygen atoms in total. The van der Waals surface area contributed by atoms with Crippen LogP contribution in [0.5, 0.6) is 0 Å². The summed E-state index contributed by atoms with van der Waals surface area (Å²) in [4.78, 5) is 25.3. The van der Waals surface area contributed by atoms with E-state index in [2.05, 4.69) is 5.32 Å². The maximum Gasteiger partial charge on any atom is 0.336 e. The number of dihydropyridines is 1. The van der Waals surface area contributed by atoms with Crippen LogP contribution in [-0.2, 0) is 38.7 Å². The third-order valence-corrected chi connectivity index (χ3v) is 11.2. The molecule has 0 bridgehead atoms. The molecule has 0 saturated heterocycles. The van der Waals surface area contributed by atoms with Crippen LogP contribution in [0.3, 0.4) is 0 Å². The molecule has 4 rings (SSSR count). The second-order valence-electron chi connectivity index (χ2n) is 9.98. The second kappa shape index (κ2) is 12.0. The standard InChI is InChI=1S/C26H31ClFNO8S2/c1-16-21(26(31)37-12-11-36-25(30)17-7-4-2-3-5-8-17)23(22-18(27)9-6-10-19(22)28)24-20(29-16)15-38(32,33)13-14-39(24,34)35/h6,9-10,17,23,29H,2-5,7-8,11-15H2,1H3. The van der Waals surface area contributed by atoms with E-state index in [-0.39, 0.29) is 52.7 Å². The van der Waals surface area contributed by atoms with E-state index >= 15 is 4.39 Å². The third-order valence-electron chi connectivity index (χ3n) is 7.21. The first-order valence-electron chi connectivity index (χ1n) is 12.8. The monoisotopic (exact) mass is 603 g/mol. The van der Waals surface area contributed by atoms with Crippen LogP contribution in [0.15, 0.2) is 40.1 Å². The number of halogens is 2. The highest BCUT2D eigenvalue weighted by molar-refractivity contribution is 7.98. The number of allylic oxidation sites excluding steroid dienone is 2. The molecule has 1 fully saturated rings. The van der Waals surface area contributed by atoms with Gasteiger partial charge in [-0.05, 0) is 31.9 Å². The smallest absolute Gasteiger partial charge is 0.336 e. The fourth-order valence-electron chi connectivity index (χ4n) is 5.31. The summed E-state index contributed by atoms with van der Waals surface area (Å²) < 4.78 is 77.5. The highest BCUT2D eigenvalue weighted by Crippen LogP contribution is 2.45. The summed E-state index contributed by atoms with van der Waals surface area (Å²) in [7, 11) is -8.06. The number of esters is 2. The Labute approximate surface area is 232 Å². The van der Waals surface area contributed by atoms with Crippen LogP contribution in [0.25, 0.3) is 0 Å². The van der Waals surface area contributed by atoms with Crippen molar-refractivity contribution >= 4 is 43.2 Å². The fraction of sp³-hybridized carbons (Fsp3) is 0.538. The number of nitrogens with one attached hydrogen (secondary N) is 1. The number of benzene rings is 1. The minimum atomic E-state index is -4.26. The lowest BCUT2D eigenvalue weighted by Crippen LogP contribution is -2.34. The van der Waals surface area contributed by atoms with E-state index in [0.29, 0.717) is 0 Å². The molecule has 2 aliphatic heterocycles. The number of hydrogen-bond donors (Lipinski definition) is 1. The van der Waals surface area contributed by atoms with Gasteiger partial charge < -0.3 is 14.8 Å². The first kappa shape index (κ1) is 29.5. The summed E-state index contributed by atoms with van der Waals surface area (Å²) in [5.74, 6) is -5.87. The molecular formula is C26H31ClFNO8S2. The first-order valence-corrected chi connectivity index (χ1v) is 16.7. The molecule has 1 atom stereocenters. The van der Waals surface area contributed by atoms with Crippen LogP contribution in [0.2, 0.25) is 5.02 Å². The van der Waals surface area contributed by atoms with Gasteiger partial charge in [-0.15, -0.1) is 0 Å². The third kappa shape index (κ3) is 6.66. The van der Waals surface area contributed by atoms with Crippen molar-refractivity contribution < 1.29 is 40.3 Å². The lowest BCUT2D eigenvalue weighted by atomic mass is 9.86. The van der Waals surface area contributed by atoms with Gasteiger partial charge in [0.1, 0.15) is 19.0 Å². The molecule has 1 unspecified atom stereocenters. The molecule has 0 aromatic heterocycles. The van der Waals surface area contributed by atoms with Crippen LogP contribution in [0.4, 0.5) is 4.39 Å². The van der Waals surface area contributed by atoms with Gasteiger partial charge in [-0.3, -0.25) is 4.79 Å². The molecule has 0 spiro atoms. The van der Waals surface area contributed by atoms with Crippen molar-refractivity contribution in [2.75, 3.05) is 30.5 Å². The Morgan fingerprint density at radius 2 is 1.69 bits per heavy atom. The minimum Gasteiger partial charge on any atom is -0.462 e. The Hall–Kier alpha value is -2.44. The Morgan fingerprint density at radius 1 is 1.03 bits per heavy atom. The van der Waals surface area contributed by atoms with E-state index in [1.165, 1.54) is 19.1 Å². The number of hydrogen-bond acceptors (Lipinski definition) is 9. The van der Waals surface area contributed by atoms with E-state index in [0.717, 1.165) is 44.6 Å². The van der Waals surface area contributed by atoms with Crippen molar-refractivity contribution in [1.29, 1.82) is 0 Å². The number of carbonyl (C=O) groups excluding carboxylic acids is 2. The number of carbonyl (C=O) groups is 2. The van der Waals surface area contributed by atoms with Crippen molar-refractivity contribution in [2.24, 2.45) is 5.92 Å². The molecule has 39 heavy (non-hydrogen) atoms. The molecule has 1 N–H and O–H groups in total. The summed E-state index contributed by atoms with van der Waals surface area (Å²) in [5, 5.41) is 2.61. The van der Waals surface area contributed by atoms with E-state index in [9.17, 15) is 26.4 Å². The topological polar surface area (TPSA) is 133 Å². The summed E-state index contributed by atoms with van der Waals surface area (Å²) in [6.45, 7) is 0.938. The Morgan fingerprint density at radius 3 is 2.36 bits per heavy atom. The van der Waals surface area contributed by atoms with Gasteiger partial charge in [0.25, 0.3) is 0 Å². The zero-order valence-electron chi connectivity index (χ0n) is 21.5. The van der Waals surface area contributed by atoms with E-state index < -0.39 is 59.5 Å². The van der Waals surface area contributed by atoms with Gasteiger partial charge >= 0.3 is 11.9 Å². The predicted molar refractivity (Wildman–Crippen MR) is 143 cm³/mol. The second-order valence-corrected chi connectivity index (χ2v) is 14.6. The van der Waals surface area contributed by atoms with E-state index in [4.69, 9.17) is 21.1 Å². The summed E-state index contributed by atoms with van der Waals surface area (Å²) >= 11 is 6.32. The van der Waals surface area contributed by atoms with Crippen LogP contribution < -0.4 is 5.32 Å². The van der Waals surface area contributed by atoms with Crippen molar-refractivity contribution in [3.63, 3.8) is 0 Å². The Bertz CT molecular complexity index is 1410. The zero-order chi connectivity index (χ0) is 28.4. The van der Waals surface area contributed by atoms with Gasteiger partial charge in [0.15, 0.2) is 19.7 Å². The first-order chi connectivity index (χ1) is 18.4. The quantitative estimate of drug-likeness (QED) is 0.294. The number of sulfone groups is 2. The van der Waals surface area contributed by atoms with Crippen molar-refractivity contribution in [3.05, 3.63) is 56.5 Å². The molecule has 1 saturated carbocycles. The highest BCUT2D eigenvalue weighted by atomic mass is 35.5. The highest BCUT2D eigenvalue weighted by Gasteiger charge is 2.45. The van der Waals surface area contributed by atoms with Gasteiger partial charge in [0, 0.05) is 22.0 Å². The maximum absolute atomic E-state index is 15.2. The van der Waals surface area contributed by atoms with Gasteiger partial charge in [0.05, 0.1) is 39.6 Å². The normalized spacial score (nSPS) is 23.2. The van der Waals surface area contributed by atoms with Crippen LogP contribution in [0.1, 0.15) is 56.9 Å². The van der Waals surface area contributed by atoms with Crippen molar-refractivity contribution in [3.8, 4) is 0 Å². The maximum atomic E-state index is 15.2. The van der Waals surface area contributed by atoms with Gasteiger partial charge in [-0.1, -0.05) is 43.4 Å². The van der Waals surface area contributed by atoms with Crippen molar-refractivity contribution in [1.82, 2.24) is 5.32 Å². The summed E-state index contributed by atoms with van der Waals surface area (Å²) in [6, 6.07) is 3.77. The molecule has 3 aliphatic rings. The molecule has 1 aromatic rings. The van der Waals surface area contributed by atoms with Crippen LogP contribution >= 0.6 is 11.6 Å². The molecule has 2 heterocycles. The zero-order valence-corrected chi connectivity index (χ0v) is 23.9. The van der Waals surface area contributed by atoms with Gasteiger partial charge in [0.2, 0.25) is 0 Å². The molecule has 214 valence electrons. The Balaban J connectivity index is 1.61. The molecule has 0 radical (unpaired) electrons. The largest absolute Gasteiger partial charge is 0.462 e. The van der Waals surface area contributed by atoms with Gasteiger partial charge in [-0.2, -0.15) is 0 Å². The van der Waals surface area contributed by atoms with E-state index in [1.807, 2.05) is 0 Å². The molecule has 0 amide bonds. The Kier molecular flexibility index (Phi) is 9.07.